The van der Waals surface area contributed by atoms with Gasteiger partial charge >= 0.3 is 0 Å². The minimum atomic E-state index is -0.439. The number of unbranched alkanes of at least 4 members (excludes halogenated alkanes) is 2. The van der Waals surface area contributed by atoms with Crippen molar-refractivity contribution >= 4 is 18.0 Å². The number of carbonyl (C=O) groups is 2. The number of benzene rings is 1. The molecule has 2 amide bonds. The van der Waals surface area contributed by atoms with Crippen LogP contribution in [-0.2, 0) is 16.1 Å². The molecule has 0 radical (unpaired) electrons. The number of carbonyl (C=O) groups excluding carboxylic acids is 2. The van der Waals surface area contributed by atoms with E-state index in [1.807, 2.05) is 43.3 Å². The molecule has 0 heterocycles. The number of hydrogen-bond donors (Lipinski definition) is 3. The zero-order valence-electron chi connectivity index (χ0n) is 15.4. The van der Waals surface area contributed by atoms with E-state index < -0.39 is 5.92 Å². The molecule has 0 aliphatic rings. The number of hydrazine groups is 1. The summed E-state index contributed by atoms with van der Waals surface area (Å²) in [5.41, 5.74) is 7.74. The van der Waals surface area contributed by atoms with Crippen LogP contribution in [0, 0.1) is 5.92 Å². The van der Waals surface area contributed by atoms with Crippen LogP contribution >= 0.6 is 0 Å². The number of rotatable bonds is 12. The molecule has 1 atom stereocenters. The average Bonchev–Trinajstić information content (AvgIpc) is 2.61. The SMILES string of the molecule is CCCCC[C@@H](CN(O)C=O)C(=O)NNCc1ccc(N(C)C)cc1. The zero-order valence-corrected chi connectivity index (χ0v) is 15.4. The van der Waals surface area contributed by atoms with E-state index in [-0.39, 0.29) is 12.5 Å². The van der Waals surface area contributed by atoms with Crippen LogP contribution in [0.1, 0.15) is 38.2 Å². The van der Waals surface area contributed by atoms with Crippen molar-refractivity contribution in [2.75, 3.05) is 25.5 Å². The highest BCUT2D eigenvalue weighted by molar-refractivity contribution is 5.78. The molecule has 0 fully saturated rings. The largest absolute Gasteiger partial charge is 0.378 e. The highest BCUT2D eigenvalue weighted by Gasteiger charge is 2.20. The molecule has 0 bridgehead atoms. The molecule has 1 aromatic rings. The van der Waals surface area contributed by atoms with Gasteiger partial charge in [0.15, 0.2) is 0 Å². The average molecular weight is 350 g/mol. The summed E-state index contributed by atoms with van der Waals surface area (Å²) in [6.45, 7) is 2.58. The highest BCUT2D eigenvalue weighted by Crippen LogP contribution is 2.13. The Hall–Kier alpha value is -2.12. The number of amides is 2. The van der Waals surface area contributed by atoms with E-state index in [1.165, 1.54) is 0 Å². The summed E-state index contributed by atoms with van der Waals surface area (Å²) >= 11 is 0. The summed E-state index contributed by atoms with van der Waals surface area (Å²) in [6.07, 6.45) is 3.89. The molecule has 7 nitrogen and oxygen atoms in total. The Labute approximate surface area is 149 Å². The smallest absolute Gasteiger partial charge is 0.239 e. The molecule has 0 spiro atoms. The molecule has 0 saturated carbocycles. The predicted octanol–water partition coefficient (Wildman–Crippen LogP) is 1.92. The summed E-state index contributed by atoms with van der Waals surface area (Å²) in [4.78, 5) is 24.9. The maximum Gasteiger partial charge on any atom is 0.239 e. The molecule has 7 heteroatoms. The lowest BCUT2D eigenvalue weighted by Gasteiger charge is -2.20. The summed E-state index contributed by atoms with van der Waals surface area (Å²) in [5.74, 6) is -0.660. The molecule has 0 unspecified atom stereocenters. The molecule has 0 saturated heterocycles. The van der Waals surface area contributed by atoms with Gasteiger partial charge in [-0.1, -0.05) is 38.3 Å². The summed E-state index contributed by atoms with van der Waals surface area (Å²) in [5, 5.41) is 9.89. The van der Waals surface area contributed by atoms with Crippen LogP contribution in [0.5, 0.6) is 0 Å². The maximum atomic E-state index is 12.3. The van der Waals surface area contributed by atoms with E-state index in [0.29, 0.717) is 24.4 Å². The Morgan fingerprint density at radius 1 is 1.24 bits per heavy atom. The van der Waals surface area contributed by atoms with Gasteiger partial charge in [0.25, 0.3) is 0 Å². The Morgan fingerprint density at radius 3 is 2.48 bits per heavy atom. The van der Waals surface area contributed by atoms with Crippen LogP contribution in [0.2, 0.25) is 0 Å². The molecule has 0 aliphatic carbocycles. The second-order valence-corrected chi connectivity index (χ2v) is 6.32. The van der Waals surface area contributed by atoms with Crippen LogP contribution in [0.4, 0.5) is 5.69 Å². The zero-order chi connectivity index (χ0) is 18.7. The molecule has 25 heavy (non-hydrogen) atoms. The lowest BCUT2D eigenvalue weighted by molar-refractivity contribution is -0.154. The molecule has 1 aromatic carbocycles. The second kappa shape index (κ2) is 11.4. The standard InChI is InChI=1S/C18H30N4O3/c1-4-5-6-7-16(13-22(25)14-23)18(24)20-19-12-15-8-10-17(11-9-15)21(2)3/h8-11,14,16,19,25H,4-7,12-13H2,1-3H3,(H,20,24)/t16-/m0/s1. The minimum Gasteiger partial charge on any atom is -0.378 e. The fourth-order valence-electron chi connectivity index (χ4n) is 2.46. The molecule has 1 rings (SSSR count). The van der Waals surface area contributed by atoms with Crippen molar-refractivity contribution in [3.05, 3.63) is 29.8 Å². The van der Waals surface area contributed by atoms with Gasteiger partial charge in [0.1, 0.15) is 0 Å². The van der Waals surface area contributed by atoms with Crippen molar-refractivity contribution in [2.24, 2.45) is 5.92 Å². The fraction of sp³-hybridized carbons (Fsp3) is 0.556. The number of hydroxylamine groups is 2. The first-order valence-electron chi connectivity index (χ1n) is 8.67. The third kappa shape index (κ3) is 8.00. The van der Waals surface area contributed by atoms with Crippen LogP contribution in [0.25, 0.3) is 0 Å². The Balaban J connectivity index is 2.47. The third-order valence-corrected chi connectivity index (χ3v) is 4.01. The van der Waals surface area contributed by atoms with Crippen molar-refractivity contribution in [3.63, 3.8) is 0 Å². The molecular weight excluding hydrogens is 320 g/mol. The minimum absolute atomic E-state index is 0.00173. The first-order chi connectivity index (χ1) is 12.0. The predicted molar refractivity (Wildman–Crippen MR) is 97.9 cm³/mol. The van der Waals surface area contributed by atoms with E-state index in [4.69, 9.17) is 0 Å². The van der Waals surface area contributed by atoms with Crippen LogP contribution in [-0.4, -0.2) is 43.2 Å². The van der Waals surface area contributed by atoms with Crippen molar-refractivity contribution in [1.29, 1.82) is 0 Å². The van der Waals surface area contributed by atoms with E-state index in [2.05, 4.69) is 17.8 Å². The van der Waals surface area contributed by atoms with Gasteiger partial charge in [-0.25, -0.2) is 10.5 Å². The first-order valence-corrected chi connectivity index (χ1v) is 8.67. The van der Waals surface area contributed by atoms with Gasteiger partial charge in [-0.05, 0) is 24.1 Å². The quantitative estimate of drug-likeness (QED) is 0.232. The Bertz CT molecular complexity index is 520. The van der Waals surface area contributed by atoms with Gasteiger partial charge < -0.3 is 4.90 Å². The Kier molecular flexibility index (Phi) is 9.57. The fourth-order valence-corrected chi connectivity index (χ4v) is 2.46. The molecule has 140 valence electrons. The van der Waals surface area contributed by atoms with Gasteiger partial charge in [0.05, 0.1) is 12.5 Å². The van der Waals surface area contributed by atoms with Gasteiger partial charge in [-0.3, -0.25) is 20.2 Å². The Morgan fingerprint density at radius 2 is 1.92 bits per heavy atom. The molecule has 0 aliphatic heterocycles. The van der Waals surface area contributed by atoms with Gasteiger partial charge in [0.2, 0.25) is 12.3 Å². The normalized spacial score (nSPS) is 11.7. The van der Waals surface area contributed by atoms with Crippen molar-refractivity contribution in [3.8, 4) is 0 Å². The third-order valence-electron chi connectivity index (χ3n) is 4.01. The lowest BCUT2D eigenvalue weighted by atomic mass is 10.0. The monoisotopic (exact) mass is 350 g/mol. The maximum absolute atomic E-state index is 12.3. The molecular formula is C18H30N4O3. The van der Waals surface area contributed by atoms with Gasteiger partial charge in [-0.2, -0.15) is 0 Å². The number of anilines is 1. The van der Waals surface area contributed by atoms with Crippen molar-refractivity contribution in [1.82, 2.24) is 15.9 Å². The number of nitrogens with one attached hydrogen (secondary N) is 2. The number of hydrogen-bond acceptors (Lipinski definition) is 5. The van der Waals surface area contributed by atoms with Crippen LogP contribution < -0.4 is 15.8 Å². The van der Waals surface area contributed by atoms with E-state index in [1.54, 1.807) is 0 Å². The van der Waals surface area contributed by atoms with Crippen molar-refractivity contribution in [2.45, 2.75) is 39.2 Å². The summed E-state index contributed by atoms with van der Waals surface area (Å²) in [6, 6.07) is 8.02. The second-order valence-electron chi connectivity index (χ2n) is 6.32. The van der Waals surface area contributed by atoms with Crippen LogP contribution in [0.15, 0.2) is 24.3 Å². The number of nitrogens with zero attached hydrogens (tertiary/aromatic N) is 2. The van der Waals surface area contributed by atoms with E-state index in [0.717, 1.165) is 30.5 Å². The lowest BCUT2D eigenvalue weighted by Crippen LogP contribution is -2.44. The molecule has 3 N–H and O–H groups in total. The van der Waals surface area contributed by atoms with Gasteiger partial charge in [-0.15, -0.1) is 0 Å². The molecule has 0 aromatic heterocycles. The van der Waals surface area contributed by atoms with Gasteiger partial charge in [0, 0.05) is 26.3 Å². The summed E-state index contributed by atoms with van der Waals surface area (Å²) < 4.78 is 0. The topological polar surface area (TPSA) is 84.9 Å². The van der Waals surface area contributed by atoms with Crippen LogP contribution in [0.3, 0.4) is 0 Å². The van der Waals surface area contributed by atoms with E-state index in [9.17, 15) is 14.8 Å². The summed E-state index contributed by atoms with van der Waals surface area (Å²) in [7, 11) is 3.96. The van der Waals surface area contributed by atoms with Crippen molar-refractivity contribution < 1.29 is 14.8 Å². The van der Waals surface area contributed by atoms with E-state index >= 15 is 0 Å². The highest BCUT2D eigenvalue weighted by atomic mass is 16.5. The first kappa shape index (κ1) is 20.9.